The van der Waals surface area contributed by atoms with Crippen LogP contribution in [0.25, 0.3) is 0 Å². The Balaban J connectivity index is 2.04. The molecule has 188 valence electrons. The lowest BCUT2D eigenvalue weighted by atomic mass is 9.75. The molecule has 2 rings (SSSR count). The van der Waals surface area contributed by atoms with Gasteiger partial charge in [0.1, 0.15) is 5.78 Å². The van der Waals surface area contributed by atoms with Gasteiger partial charge in [-0.2, -0.15) is 0 Å². The van der Waals surface area contributed by atoms with Gasteiger partial charge in [-0.3, -0.25) is 9.59 Å². The van der Waals surface area contributed by atoms with Crippen LogP contribution < -0.4 is 0 Å². The van der Waals surface area contributed by atoms with Gasteiger partial charge in [-0.25, -0.2) is 0 Å². The van der Waals surface area contributed by atoms with Crippen LogP contribution in [0, 0.1) is 11.8 Å². The van der Waals surface area contributed by atoms with Gasteiger partial charge in [0.15, 0.2) is 8.32 Å². The van der Waals surface area contributed by atoms with Crippen molar-refractivity contribution in [2.24, 2.45) is 11.8 Å². The predicted octanol–water partition coefficient (Wildman–Crippen LogP) is 7.84. The van der Waals surface area contributed by atoms with Crippen molar-refractivity contribution in [1.82, 2.24) is 0 Å². The monoisotopic (exact) mass is 476 g/mol. The van der Waals surface area contributed by atoms with Gasteiger partial charge in [-0.1, -0.05) is 63.8 Å². The fourth-order valence-corrected chi connectivity index (χ4v) is 6.92. The van der Waals surface area contributed by atoms with Crippen LogP contribution in [-0.2, 0) is 14.0 Å². The Labute approximate surface area is 203 Å². The van der Waals surface area contributed by atoms with E-state index in [2.05, 4.69) is 52.9 Å². The molecule has 1 fully saturated rings. The molecule has 2 atom stereocenters. The Hall–Kier alpha value is -1.20. The highest BCUT2D eigenvalue weighted by Crippen LogP contribution is 2.46. The molecule has 1 N–H and O–H groups in total. The van der Waals surface area contributed by atoms with Gasteiger partial charge < -0.3 is 9.53 Å². The first-order chi connectivity index (χ1) is 15.4. The van der Waals surface area contributed by atoms with E-state index in [0.29, 0.717) is 24.5 Å². The highest BCUT2D eigenvalue weighted by atomic mass is 28.4. The second-order valence-electron chi connectivity index (χ2n) is 12.0. The second-order valence-corrected chi connectivity index (χ2v) is 16.7. The number of rotatable bonds is 12. The Morgan fingerprint density at radius 1 is 1.15 bits per heavy atom. The molecule has 0 spiro atoms. The van der Waals surface area contributed by atoms with Gasteiger partial charge in [0, 0.05) is 18.8 Å². The molecule has 0 aromatic carbocycles. The third-order valence-electron chi connectivity index (χ3n) is 8.37. The molecular weight excluding hydrogens is 428 g/mol. The lowest BCUT2D eigenvalue weighted by Crippen LogP contribution is -2.52. The number of hydrogen-bond donors (Lipinski definition) is 1. The third-order valence-corrected chi connectivity index (χ3v) is 13.0. The summed E-state index contributed by atoms with van der Waals surface area (Å²) in [5.74, 6) is 0.167. The van der Waals surface area contributed by atoms with E-state index in [0.717, 1.165) is 25.7 Å². The standard InChI is InChI=1S/C28H48O4Si/c1-27(2,3)33(5,6)32-28(4,23-14-10-9-11-15-23)21-20-22-18-19-25(29)24(22)16-12-7-8-13-17-26(30)31/h7,12,18,23-24H,8-11,13-17,19-21H2,1-6H3,(H,30,31)/b12-7-/t24-,28?/m1/s1. The molecule has 1 saturated carbocycles. The highest BCUT2D eigenvalue weighted by molar-refractivity contribution is 6.74. The number of hydrogen-bond acceptors (Lipinski definition) is 3. The number of carbonyl (C=O) groups excluding carboxylic acids is 1. The average molecular weight is 477 g/mol. The smallest absolute Gasteiger partial charge is 0.303 e. The zero-order valence-corrected chi connectivity index (χ0v) is 23.0. The summed E-state index contributed by atoms with van der Waals surface area (Å²) in [4.78, 5) is 23.2. The van der Waals surface area contributed by atoms with E-state index in [-0.39, 0.29) is 23.0 Å². The van der Waals surface area contributed by atoms with Crippen LogP contribution in [0.5, 0.6) is 0 Å². The van der Waals surface area contributed by atoms with E-state index in [1.165, 1.54) is 37.7 Å². The summed E-state index contributed by atoms with van der Waals surface area (Å²) in [6, 6.07) is 0. The minimum absolute atomic E-state index is 0.01000. The maximum absolute atomic E-state index is 12.6. The number of allylic oxidation sites excluding steroid dienone is 4. The van der Waals surface area contributed by atoms with Crippen LogP contribution in [0.4, 0.5) is 0 Å². The molecule has 0 amide bonds. The van der Waals surface area contributed by atoms with Crippen molar-refractivity contribution < 1.29 is 19.1 Å². The highest BCUT2D eigenvalue weighted by Gasteiger charge is 2.46. The normalized spacial score (nSPS) is 22.5. The molecular formula is C28H48O4Si. The van der Waals surface area contributed by atoms with E-state index >= 15 is 0 Å². The molecule has 2 aliphatic rings. The van der Waals surface area contributed by atoms with Crippen molar-refractivity contribution in [2.75, 3.05) is 0 Å². The molecule has 0 aromatic heterocycles. The van der Waals surface area contributed by atoms with Gasteiger partial charge >= 0.3 is 5.97 Å². The third kappa shape index (κ3) is 8.20. The zero-order valence-electron chi connectivity index (χ0n) is 22.0. The first-order valence-corrected chi connectivity index (χ1v) is 16.1. The summed E-state index contributed by atoms with van der Waals surface area (Å²) >= 11 is 0. The first-order valence-electron chi connectivity index (χ1n) is 13.1. The van der Waals surface area contributed by atoms with E-state index in [9.17, 15) is 9.59 Å². The lowest BCUT2D eigenvalue weighted by Gasteiger charge is -2.49. The van der Waals surface area contributed by atoms with E-state index < -0.39 is 14.3 Å². The van der Waals surface area contributed by atoms with Gasteiger partial charge in [0.2, 0.25) is 0 Å². The number of aliphatic carboxylic acids is 1. The molecule has 2 aliphatic carbocycles. The minimum Gasteiger partial charge on any atom is -0.481 e. The van der Waals surface area contributed by atoms with Gasteiger partial charge in [0.25, 0.3) is 0 Å². The largest absolute Gasteiger partial charge is 0.481 e. The van der Waals surface area contributed by atoms with Crippen LogP contribution in [0.3, 0.4) is 0 Å². The molecule has 33 heavy (non-hydrogen) atoms. The lowest BCUT2D eigenvalue weighted by molar-refractivity contribution is -0.137. The van der Waals surface area contributed by atoms with Crippen molar-refractivity contribution in [3.05, 3.63) is 23.8 Å². The number of Topliss-reactive ketones (excluding diaryl/α,β-unsaturated/α-hetero) is 1. The number of carbonyl (C=O) groups is 2. The Morgan fingerprint density at radius 3 is 2.42 bits per heavy atom. The summed E-state index contributed by atoms with van der Waals surface area (Å²) in [5, 5.41) is 8.94. The van der Waals surface area contributed by atoms with E-state index in [1.807, 2.05) is 6.08 Å². The molecule has 0 radical (unpaired) electrons. The topological polar surface area (TPSA) is 63.6 Å². The molecule has 1 unspecified atom stereocenters. The fourth-order valence-electron chi connectivity index (χ4n) is 5.18. The molecule has 0 heterocycles. The van der Waals surface area contributed by atoms with Crippen LogP contribution in [0.15, 0.2) is 23.8 Å². The van der Waals surface area contributed by atoms with Crippen molar-refractivity contribution in [3.63, 3.8) is 0 Å². The SMILES string of the molecule is CC(CCC1=CCC(=O)[C@@H]1C/C=C\CCCC(=O)O)(O[Si](C)(C)C(C)(C)C)C1CCCCC1. The number of ketones is 1. The molecule has 5 heteroatoms. The van der Waals surface area contributed by atoms with Crippen molar-refractivity contribution in [3.8, 4) is 0 Å². The van der Waals surface area contributed by atoms with Crippen molar-refractivity contribution in [2.45, 2.75) is 128 Å². The molecule has 0 aromatic rings. The molecule has 0 bridgehead atoms. The first kappa shape index (κ1) is 28.0. The van der Waals surface area contributed by atoms with Gasteiger partial charge in [-0.15, -0.1) is 0 Å². The van der Waals surface area contributed by atoms with Crippen molar-refractivity contribution in [1.29, 1.82) is 0 Å². The summed E-state index contributed by atoms with van der Waals surface area (Å²) in [6.07, 6.45) is 17.6. The van der Waals surface area contributed by atoms with Gasteiger partial charge in [-0.05, 0) is 75.9 Å². The minimum atomic E-state index is -1.91. The number of carboxylic acid groups (broad SMARTS) is 1. The summed E-state index contributed by atoms with van der Waals surface area (Å²) < 4.78 is 7.16. The zero-order chi connectivity index (χ0) is 24.7. The summed E-state index contributed by atoms with van der Waals surface area (Å²) in [7, 11) is -1.91. The van der Waals surface area contributed by atoms with Crippen LogP contribution in [-0.4, -0.2) is 30.8 Å². The maximum Gasteiger partial charge on any atom is 0.303 e. The van der Waals surface area contributed by atoms with Crippen LogP contribution in [0.1, 0.15) is 105 Å². The Kier molecular flexibility index (Phi) is 10.2. The fraction of sp³-hybridized carbons (Fsp3) is 0.786. The summed E-state index contributed by atoms with van der Waals surface area (Å²) in [6.45, 7) is 14.0. The number of carboxylic acids is 1. The second kappa shape index (κ2) is 12.0. The summed E-state index contributed by atoms with van der Waals surface area (Å²) in [5.41, 5.74) is 1.16. The average Bonchev–Trinajstić information content (AvgIpc) is 3.08. The molecule has 0 saturated heterocycles. The van der Waals surface area contributed by atoms with Crippen LogP contribution in [0.2, 0.25) is 18.1 Å². The predicted molar refractivity (Wildman–Crippen MR) is 139 cm³/mol. The number of unbranched alkanes of at least 4 members (excludes halogenated alkanes) is 1. The Bertz CT molecular complexity index is 725. The van der Waals surface area contributed by atoms with E-state index in [4.69, 9.17) is 9.53 Å². The van der Waals surface area contributed by atoms with Gasteiger partial charge in [0.05, 0.1) is 5.60 Å². The quantitative estimate of drug-likeness (QED) is 0.177. The van der Waals surface area contributed by atoms with Crippen LogP contribution >= 0.6 is 0 Å². The molecule has 4 nitrogen and oxygen atoms in total. The maximum atomic E-state index is 12.6. The van der Waals surface area contributed by atoms with Crippen molar-refractivity contribution >= 4 is 20.1 Å². The molecule has 0 aliphatic heterocycles. The Morgan fingerprint density at radius 2 is 1.82 bits per heavy atom. The van der Waals surface area contributed by atoms with E-state index in [1.54, 1.807) is 0 Å².